The molecule has 0 saturated heterocycles. The van der Waals surface area contributed by atoms with Crippen LogP contribution in [0.5, 0.6) is 0 Å². The zero-order valence-electron chi connectivity index (χ0n) is 20.2. The van der Waals surface area contributed by atoms with E-state index >= 15 is 0 Å². The van der Waals surface area contributed by atoms with Gasteiger partial charge in [-0.3, -0.25) is 9.59 Å². The average Bonchev–Trinajstić information content (AvgIpc) is 3.43. The number of carbonyl (C=O) groups is 3. The van der Waals surface area contributed by atoms with Crippen LogP contribution in [0.3, 0.4) is 0 Å². The van der Waals surface area contributed by atoms with Crippen molar-refractivity contribution in [2.45, 2.75) is 44.9 Å². The molecule has 2 aromatic carbocycles. The molecule has 2 aromatic rings. The van der Waals surface area contributed by atoms with Gasteiger partial charge in [-0.15, -0.1) is 0 Å². The molecule has 0 heterocycles. The van der Waals surface area contributed by atoms with Gasteiger partial charge in [-0.1, -0.05) is 55.5 Å². The number of carboxylic acid groups (broad SMARTS) is 1. The van der Waals surface area contributed by atoms with Crippen LogP contribution in [-0.2, 0) is 14.3 Å². The summed E-state index contributed by atoms with van der Waals surface area (Å²) in [5.74, 6) is -0.912. The number of benzene rings is 2. The molecule has 0 aromatic heterocycles. The Morgan fingerprint density at radius 3 is 2.23 bits per heavy atom. The molecule has 4 rings (SSSR count). The molecule has 186 valence electrons. The molecule has 0 spiro atoms. The molecule has 2 aliphatic carbocycles. The molecule has 0 bridgehead atoms. The SMILES string of the molecule is CCC(CNC(=O)CC1CCC(CNC(=O)OCC2c3ccccc3-c3ccccc32)C1)C(=O)O. The van der Waals surface area contributed by atoms with Gasteiger partial charge in [-0.05, 0) is 59.8 Å². The Bertz CT molecular complexity index is 1020. The summed E-state index contributed by atoms with van der Waals surface area (Å²) < 4.78 is 5.61. The standard InChI is InChI=1S/C28H34N2O5/c1-2-20(27(32)33)16-29-26(31)14-18-11-12-19(13-18)15-30-28(34)35-17-25-23-9-5-3-7-21(23)22-8-4-6-10-24(22)25/h3-10,18-20,25H,2,11-17H2,1H3,(H,29,31)(H,30,34)(H,32,33). The molecule has 0 aliphatic heterocycles. The number of alkyl carbamates (subject to hydrolysis) is 1. The molecular weight excluding hydrogens is 444 g/mol. The zero-order valence-corrected chi connectivity index (χ0v) is 20.2. The van der Waals surface area contributed by atoms with E-state index in [9.17, 15) is 14.4 Å². The van der Waals surface area contributed by atoms with Gasteiger partial charge in [0.2, 0.25) is 5.91 Å². The normalized spacial score (nSPS) is 19.5. The molecule has 3 atom stereocenters. The first-order valence-electron chi connectivity index (χ1n) is 12.5. The number of hydrogen-bond donors (Lipinski definition) is 3. The van der Waals surface area contributed by atoms with E-state index in [0.29, 0.717) is 31.9 Å². The number of nitrogens with one attached hydrogen (secondary N) is 2. The first-order valence-corrected chi connectivity index (χ1v) is 12.5. The second-order valence-electron chi connectivity index (χ2n) is 9.70. The minimum Gasteiger partial charge on any atom is -0.481 e. The third-order valence-corrected chi connectivity index (χ3v) is 7.39. The molecule has 35 heavy (non-hydrogen) atoms. The van der Waals surface area contributed by atoms with Gasteiger partial charge < -0.3 is 20.5 Å². The highest BCUT2D eigenvalue weighted by molar-refractivity contribution is 5.79. The fourth-order valence-electron chi connectivity index (χ4n) is 5.40. The van der Waals surface area contributed by atoms with Gasteiger partial charge in [0.25, 0.3) is 0 Å². The Hall–Kier alpha value is -3.35. The summed E-state index contributed by atoms with van der Waals surface area (Å²) in [6.07, 6.45) is 3.23. The van der Waals surface area contributed by atoms with Crippen LogP contribution in [0.4, 0.5) is 4.79 Å². The molecule has 1 saturated carbocycles. The van der Waals surface area contributed by atoms with E-state index in [0.717, 1.165) is 19.3 Å². The number of rotatable bonds is 10. The zero-order chi connectivity index (χ0) is 24.8. The third-order valence-electron chi connectivity index (χ3n) is 7.39. The van der Waals surface area contributed by atoms with Crippen LogP contribution in [0.15, 0.2) is 48.5 Å². The van der Waals surface area contributed by atoms with Crippen LogP contribution in [0, 0.1) is 17.8 Å². The van der Waals surface area contributed by atoms with Crippen molar-refractivity contribution in [2.75, 3.05) is 19.7 Å². The predicted octanol–water partition coefficient (Wildman–Crippen LogP) is 4.56. The second kappa shape index (κ2) is 11.4. The molecule has 7 nitrogen and oxygen atoms in total. The van der Waals surface area contributed by atoms with Crippen molar-refractivity contribution in [3.05, 3.63) is 59.7 Å². The molecule has 7 heteroatoms. The van der Waals surface area contributed by atoms with Gasteiger partial charge in [0, 0.05) is 25.4 Å². The Kier molecular flexibility index (Phi) is 8.06. The quantitative estimate of drug-likeness (QED) is 0.464. The van der Waals surface area contributed by atoms with Crippen molar-refractivity contribution < 1.29 is 24.2 Å². The van der Waals surface area contributed by atoms with Gasteiger partial charge in [-0.25, -0.2) is 4.79 Å². The molecule has 2 amide bonds. The largest absolute Gasteiger partial charge is 0.481 e. The van der Waals surface area contributed by atoms with E-state index < -0.39 is 18.0 Å². The second-order valence-corrected chi connectivity index (χ2v) is 9.70. The maximum absolute atomic E-state index is 12.4. The van der Waals surface area contributed by atoms with E-state index in [2.05, 4.69) is 34.9 Å². The number of carbonyl (C=O) groups excluding carboxylic acids is 2. The van der Waals surface area contributed by atoms with Crippen LogP contribution >= 0.6 is 0 Å². The van der Waals surface area contributed by atoms with Crippen LogP contribution in [0.2, 0.25) is 0 Å². The number of fused-ring (bicyclic) bond motifs is 3. The number of carboxylic acids is 1. The van der Waals surface area contributed by atoms with E-state index in [1.54, 1.807) is 6.92 Å². The number of aliphatic carboxylic acids is 1. The Morgan fingerprint density at radius 2 is 1.60 bits per heavy atom. The highest BCUT2D eigenvalue weighted by atomic mass is 16.5. The van der Waals surface area contributed by atoms with Gasteiger partial charge in [0.05, 0.1) is 5.92 Å². The Balaban J connectivity index is 1.19. The molecule has 2 aliphatic rings. The van der Waals surface area contributed by atoms with Crippen molar-refractivity contribution in [1.29, 1.82) is 0 Å². The minimum absolute atomic E-state index is 0.0379. The minimum atomic E-state index is -0.881. The summed E-state index contributed by atoms with van der Waals surface area (Å²) >= 11 is 0. The van der Waals surface area contributed by atoms with Crippen molar-refractivity contribution in [1.82, 2.24) is 10.6 Å². The van der Waals surface area contributed by atoms with Gasteiger partial charge >= 0.3 is 12.1 Å². The summed E-state index contributed by atoms with van der Waals surface area (Å²) in [7, 11) is 0. The third kappa shape index (κ3) is 6.02. The maximum atomic E-state index is 12.4. The van der Waals surface area contributed by atoms with E-state index in [1.807, 2.05) is 24.3 Å². The lowest BCUT2D eigenvalue weighted by Crippen LogP contribution is -2.33. The summed E-state index contributed by atoms with van der Waals surface area (Å²) in [4.78, 5) is 35.7. The molecule has 1 fully saturated rings. The van der Waals surface area contributed by atoms with Crippen LogP contribution in [0.1, 0.15) is 56.1 Å². The monoisotopic (exact) mass is 478 g/mol. The fourth-order valence-corrected chi connectivity index (χ4v) is 5.40. The van der Waals surface area contributed by atoms with Crippen LogP contribution in [-0.4, -0.2) is 42.8 Å². The number of hydrogen-bond acceptors (Lipinski definition) is 4. The topological polar surface area (TPSA) is 105 Å². The first kappa shape index (κ1) is 24.8. The maximum Gasteiger partial charge on any atom is 0.407 e. The predicted molar refractivity (Wildman–Crippen MR) is 133 cm³/mol. The van der Waals surface area contributed by atoms with E-state index in [1.165, 1.54) is 22.3 Å². The van der Waals surface area contributed by atoms with Crippen LogP contribution < -0.4 is 10.6 Å². The highest BCUT2D eigenvalue weighted by Crippen LogP contribution is 2.44. The summed E-state index contributed by atoms with van der Waals surface area (Å²) in [5.41, 5.74) is 4.77. The first-order chi connectivity index (χ1) is 17.0. The summed E-state index contributed by atoms with van der Waals surface area (Å²) in [6.45, 7) is 2.80. The van der Waals surface area contributed by atoms with Crippen molar-refractivity contribution >= 4 is 18.0 Å². The lowest BCUT2D eigenvalue weighted by molar-refractivity contribution is -0.141. The van der Waals surface area contributed by atoms with Gasteiger partial charge in [0.15, 0.2) is 0 Å². The fraction of sp³-hybridized carbons (Fsp3) is 0.464. The van der Waals surface area contributed by atoms with Gasteiger partial charge in [-0.2, -0.15) is 0 Å². The Labute approximate surface area is 206 Å². The van der Waals surface area contributed by atoms with E-state index in [-0.39, 0.29) is 24.3 Å². The van der Waals surface area contributed by atoms with Crippen LogP contribution in [0.25, 0.3) is 11.1 Å². The van der Waals surface area contributed by atoms with Gasteiger partial charge in [0.1, 0.15) is 6.61 Å². The summed E-state index contributed by atoms with van der Waals surface area (Å²) in [5, 5.41) is 14.8. The number of amides is 2. The molecule has 0 radical (unpaired) electrons. The molecular formula is C28H34N2O5. The van der Waals surface area contributed by atoms with Crippen molar-refractivity contribution in [2.24, 2.45) is 17.8 Å². The van der Waals surface area contributed by atoms with Crippen molar-refractivity contribution in [3.63, 3.8) is 0 Å². The lowest BCUT2D eigenvalue weighted by atomic mass is 9.98. The average molecular weight is 479 g/mol. The summed E-state index contributed by atoms with van der Waals surface area (Å²) in [6, 6.07) is 16.5. The molecule has 3 unspecified atom stereocenters. The lowest BCUT2D eigenvalue weighted by Gasteiger charge is -2.16. The Morgan fingerprint density at radius 1 is 0.971 bits per heavy atom. The van der Waals surface area contributed by atoms with Crippen molar-refractivity contribution in [3.8, 4) is 11.1 Å². The highest BCUT2D eigenvalue weighted by Gasteiger charge is 2.30. The van der Waals surface area contributed by atoms with E-state index in [4.69, 9.17) is 9.84 Å². The number of ether oxygens (including phenoxy) is 1. The molecule has 3 N–H and O–H groups in total. The smallest absolute Gasteiger partial charge is 0.407 e.